The van der Waals surface area contributed by atoms with E-state index >= 15 is 0 Å². The van der Waals surface area contributed by atoms with Crippen molar-refractivity contribution in [2.24, 2.45) is 5.92 Å². The van der Waals surface area contributed by atoms with Crippen LogP contribution in [0.5, 0.6) is 0 Å². The van der Waals surface area contributed by atoms with Crippen LogP contribution in [0.25, 0.3) is 0 Å². The van der Waals surface area contributed by atoms with Crippen molar-refractivity contribution < 1.29 is 9.59 Å². The lowest BCUT2D eigenvalue weighted by atomic mass is 9.95. The molecular weight excluding hydrogens is 338 g/mol. The predicted octanol–water partition coefficient (Wildman–Crippen LogP) is 4.49. The van der Waals surface area contributed by atoms with Gasteiger partial charge in [-0.05, 0) is 62.9 Å². The second-order valence-electron chi connectivity index (χ2n) is 7.29. The molecule has 0 saturated carbocycles. The van der Waals surface area contributed by atoms with Gasteiger partial charge in [0.05, 0.1) is 0 Å². The molecule has 2 aromatic rings. The monoisotopic (exact) mass is 365 g/mol. The molecule has 3 rings (SSSR count). The second kappa shape index (κ2) is 8.25. The van der Waals surface area contributed by atoms with Crippen molar-refractivity contribution in [1.82, 2.24) is 4.90 Å². The molecule has 1 aliphatic rings. The number of piperidine rings is 1. The highest BCUT2D eigenvalue weighted by atomic mass is 16.2. The first kappa shape index (κ1) is 19.0. The van der Waals surface area contributed by atoms with Crippen LogP contribution in [0.4, 0.5) is 16.2 Å². The number of carbonyl (C=O) groups excluding carboxylic acids is 2. The smallest absolute Gasteiger partial charge is 0.321 e. The zero-order chi connectivity index (χ0) is 19.4. The van der Waals surface area contributed by atoms with Crippen LogP contribution in [0.3, 0.4) is 0 Å². The first-order valence-corrected chi connectivity index (χ1v) is 9.43. The number of anilines is 2. The highest BCUT2D eigenvalue weighted by Gasteiger charge is 2.27. The topological polar surface area (TPSA) is 61.4 Å². The first-order valence-electron chi connectivity index (χ1n) is 9.43. The van der Waals surface area contributed by atoms with E-state index in [2.05, 4.69) is 10.6 Å². The quantitative estimate of drug-likeness (QED) is 0.841. The van der Waals surface area contributed by atoms with Gasteiger partial charge in [0.25, 0.3) is 0 Å². The summed E-state index contributed by atoms with van der Waals surface area (Å²) in [6.45, 7) is 7.24. The summed E-state index contributed by atoms with van der Waals surface area (Å²) in [6, 6.07) is 13.6. The zero-order valence-electron chi connectivity index (χ0n) is 16.2. The summed E-state index contributed by atoms with van der Waals surface area (Å²) in [5, 5.41) is 5.97. The highest BCUT2D eigenvalue weighted by Crippen LogP contribution is 2.23. The molecule has 0 aromatic heterocycles. The maximum absolute atomic E-state index is 12.6. The molecule has 1 heterocycles. The lowest BCUT2D eigenvalue weighted by Gasteiger charge is -2.31. The summed E-state index contributed by atoms with van der Waals surface area (Å²) in [5.74, 6) is -0.0179. The highest BCUT2D eigenvalue weighted by molar-refractivity contribution is 5.94. The van der Waals surface area contributed by atoms with E-state index in [0.717, 1.165) is 28.1 Å². The van der Waals surface area contributed by atoms with Crippen molar-refractivity contribution in [2.75, 3.05) is 23.7 Å². The fraction of sp³-hybridized carbons (Fsp3) is 0.364. The summed E-state index contributed by atoms with van der Waals surface area (Å²) in [5.41, 5.74) is 5.08. The van der Waals surface area contributed by atoms with Gasteiger partial charge in [-0.1, -0.05) is 29.8 Å². The number of likely N-dealkylation sites (tertiary alicyclic amines) is 1. The summed E-state index contributed by atoms with van der Waals surface area (Å²) in [7, 11) is 0. The fourth-order valence-corrected chi connectivity index (χ4v) is 3.31. The third kappa shape index (κ3) is 4.67. The normalized spacial score (nSPS) is 14.7. The largest absolute Gasteiger partial charge is 0.326 e. The molecule has 0 spiro atoms. The molecule has 2 aromatic carbocycles. The Kier molecular flexibility index (Phi) is 5.79. The Bertz CT molecular complexity index is 822. The minimum Gasteiger partial charge on any atom is -0.326 e. The van der Waals surface area contributed by atoms with Crippen molar-refractivity contribution >= 4 is 23.3 Å². The standard InChI is InChI=1S/C22H27N3O2/c1-15-7-9-19(10-8-15)23-22(27)25-13-11-18(12-14-25)21(26)24-20-6-4-5-16(2)17(20)3/h4-10,18H,11-14H2,1-3H3,(H,23,27)(H,24,26). The van der Waals surface area contributed by atoms with Crippen molar-refractivity contribution in [2.45, 2.75) is 33.6 Å². The Hall–Kier alpha value is -2.82. The van der Waals surface area contributed by atoms with E-state index in [1.807, 2.05) is 63.2 Å². The van der Waals surface area contributed by atoms with Crippen LogP contribution < -0.4 is 10.6 Å². The summed E-state index contributed by atoms with van der Waals surface area (Å²) in [4.78, 5) is 26.8. The maximum atomic E-state index is 12.6. The molecule has 2 N–H and O–H groups in total. The summed E-state index contributed by atoms with van der Waals surface area (Å²) in [6.07, 6.45) is 1.36. The van der Waals surface area contributed by atoms with Gasteiger partial charge in [-0.2, -0.15) is 0 Å². The molecule has 5 nitrogen and oxygen atoms in total. The minimum atomic E-state index is -0.104. The number of amides is 3. The molecule has 142 valence electrons. The molecule has 1 aliphatic heterocycles. The number of hydrogen-bond acceptors (Lipinski definition) is 2. The SMILES string of the molecule is Cc1ccc(NC(=O)N2CCC(C(=O)Nc3cccc(C)c3C)CC2)cc1. The zero-order valence-corrected chi connectivity index (χ0v) is 16.2. The van der Waals surface area contributed by atoms with Crippen molar-refractivity contribution in [3.8, 4) is 0 Å². The number of nitrogens with one attached hydrogen (secondary N) is 2. The lowest BCUT2D eigenvalue weighted by Crippen LogP contribution is -2.43. The Labute approximate surface area is 160 Å². The average molecular weight is 365 g/mol. The van der Waals surface area contributed by atoms with Crippen LogP contribution >= 0.6 is 0 Å². The van der Waals surface area contributed by atoms with Crippen LogP contribution in [0.1, 0.15) is 29.5 Å². The number of nitrogens with zero attached hydrogens (tertiary/aromatic N) is 1. The van der Waals surface area contributed by atoms with Gasteiger partial charge in [0.1, 0.15) is 0 Å². The molecule has 0 unspecified atom stereocenters. The Morgan fingerprint density at radius 3 is 2.26 bits per heavy atom. The van der Waals surface area contributed by atoms with E-state index in [-0.39, 0.29) is 17.9 Å². The van der Waals surface area contributed by atoms with E-state index in [9.17, 15) is 9.59 Å². The molecular formula is C22H27N3O2. The molecule has 0 atom stereocenters. The molecule has 0 bridgehead atoms. The average Bonchev–Trinajstić information content (AvgIpc) is 2.67. The van der Waals surface area contributed by atoms with Crippen LogP contribution in [-0.4, -0.2) is 29.9 Å². The number of carbonyl (C=O) groups is 2. The van der Waals surface area contributed by atoms with Crippen LogP contribution in [0.2, 0.25) is 0 Å². The molecule has 0 radical (unpaired) electrons. The van der Waals surface area contributed by atoms with E-state index in [1.165, 1.54) is 0 Å². The van der Waals surface area contributed by atoms with Gasteiger partial charge < -0.3 is 15.5 Å². The summed E-state index contributed by atoms with van der Waals surface area (Å²) >= 11 is 0. The number of rotatable bonds is 3. The first-order chi connectivity index (χ1) is 12.9. The predicted molar refractivity (Wildman–Crippen MR) is 109 cm³/mol. The minimum absolute atomic E-state index is 0.0438. The lowest BCUT2D eigenvalue weighted by molar-refractivity contribution is -0.121. The van der Waals surface area contributed by atoms with Gasteiger partial charge in [0, 0.05) is 30.4 Å². The molecule has 27 heavy (non-hydrogen) atoms. The van der Waals surface area contributed by atoms with Gasteiger partial charge in [-0.25, -0.2) is 4.79 Å². The number of urea groups is 1. The Morgan fingerprint density at radius 2 is 1.59 bits per heavy atom. The van der Waals surface area contributed by atoms with Crippen LogP contribution in [0.15, 0.2) is 42.5 Å². The van der Waals surface area contributed by atoms with Crippen molar-refractivity contribution in [3.05, 3.63) is 59.2 Å². The van der Waals surface area contributed by atoms with E-state index < -0.39 is 0 Å². The van der Waals surface area contributed by atoms with E-state index in [0.29, 0.717) is 25.9 Å². The van der Waals surface area contributed by atoms with E-state index in [1.54, 1.807) is 4.90 Å². The number of hydrogen-bond donors (Lipinski definition) is 2. The molecule has 3 amide bonds. The molecule has 1 fully saturated rings. The Morgan fingerprint density at radius 1 is 0.926 bits per heavy atom. The van der Waals surface area contributed by atoms with Crippen molar-refractivity contribution in [3.63, 3.8) is 0 Å². The van der Waals surface area contributed by atoms with Crippen LogP contribution in [0, 0.1) is 26.7 Å². The molecule has 0 aliphatic carbocycles. The van der Waals surface area contributed by atoms with Gasteiger partial charge >= 0.3 is 6.03 Å². The van der Waals surface area contributed by atoms with Gasteiger partial charge in [0.15, 0.2) is 0 Å². The third-order valence-electron chi connectivity index (χ3n) is 5.32. The van der Waals surface area contributed by atoms with E-state index in [4.69, 9.17) is 0 Å². The van der Waals surface area contributed by atoms with Crippen LogP contribution in [-0.2, 0) is 4.79 Å². The van der Waals surface area contributed by atoms with Gasteiger partial charge in [-0.3, -0.25) is 4.79 Å². The summed E-state index contributed by atoms with van der Waals surface area (Å²) < 4.78 is 0. The fourth-order valence-electron chi connectivity index (χ4n) is 3.31. The van der Waals surface area contributed by atoms with Crippen molar-refractivity contribution in [1.29, 1.82) is 0 Å². The second-order valence-corrected chi connectivity index (χ2v) is 7.29. The number of benzene rings is 2. The third-order valence-corrected chi connectivity index (χ3v) is 5.32. The number of aryl methyl sites for hydroxylation is 2. The molecule has 5 heteroatoms. The Balaban J connectivity index is 1.52. The van der Waals surface area contributed by atoms with Gasteiger partial charge in [-0.15, -0.1) is 0 Å². The van der Waals surface area contributed by atoms with Gasteiger partial charge in [0.2, 0.25) is 5.91 Å². The maximum Gasteiger partial charge on any atom is 0.321 e. The molecule has 1 saturated heterocycles.